The van der Waals surface area contributed by atoms with Crippen LogP contribution in [0, 0.1) is 0 Å². The van der Waals surface area contributed by atoms with E-state index < -0.39 is 0 Å². The quantitative estimate of drug-likeness (QED) is 0.406. The van der Waals surface area contributed by atoms with Gasteiger partial charge in [0.15, 0.2) is 0 Å². The fourth-order valence-corrected chi connectivity index (χ4v) is 0. The highest BCUT2D eigenvalue weighted by molar-refractivity contribution is 2.51. The Bertz CT molecular complexity index is 0. The molecule has 0 aromatic carbocycles. The van der Waals surface area contributed by atoms with Crippen LogP contribution in [-0.4, -0.2) is 0 Å². The minimum Gasteiger partial charge on any atom is -0.0776 e. The predicted molar refractivity (Wildman–Crippen MR) is 26.9 cm³/mol. The smallest absolute Gasteiger partial charge is 0.0776 e. The van der Waals surface area contributed by atoms with Gasteiger partial charge in [-0.15, -0.1) is 0 Å². The van der Waals surface area contributed by atoms with Crippen LogP contribution in [0.3, 0.4) is 0 Å². The first-order valence-corrected chi connectivity index (χ1v) is 0. The maximum absolute atomic E-state index is 0. The zero-order valence-corrected chi connectivity index (χ0v) is 0. The SMILES string of the molecule is C.C.C.C. The summed E-state index contributed by atoms with van der Waals surface area (Å²) in [5.74, 6) is 0. The van der Waals surface area contributed by atoms with E-state index in [0.717, 1.165) is 0 Å². The second kappa shape index (κ2) is 0. The highest BCUT2D eigenvalue weighted by atomic mass is 12.0. The molecule has 0 saturated heterocycles. The Morgan fingerprint density at radius 3 is 0.250 bits per heavy atom. The van der Waals surface area contributed by atoms with E-state index in [-0.39, 0.29) is 29.7 Å². The average molecular weight is 64.2 g/mol. The Hall–Kier alpha value is 0. The fraction of sp³-hybridized carbons (Fsp3) is 1.00. The lowest BCUT2D eigenvalue weighted by atomic mass is 12.0. The van der Waals surface area contributed by atoms with Gasteiger partial charge in [-0.3, -0.25) is 0 Å². The van der Waals surface area contributed by atoms with Crippen molar-refractivity contribution in [1.29, 1.82) is 0 Å². The highest BCUT2D eigenvalue weighted by Crippen LogP contribution is 0.147. The second-order valence-corrected chi connectivity index (χ2v) is 0. The zero-order valence-electron chi connectivity index (χ0n) is 0. The van der Waals surface area contributed by atoms with Crippen LogP contribution in [0.25, 0.3) is 0 Å². The minimum atomic E-state index is 0. The Labute approximate surface area is 30.9 Å². The summed E-state index contributed by atoms with van der Waals surface area (Å²) in [7, 11) is 0. The summed E-state index contributed by atoms with van der Waals surface area (Å²) in [6, 6.07) is 0. The van der Waals surface area contributed by atoms with Crippen LogP contribution in [0.1, 0.15) is 29.7 Å². The van der Waals surface area contributed by atoms with E-state index in [0.29, 0.717) is 0 Å². The molecule has 0 heterocycles. The van der Waals surface area contributed by atoms with Crippen LogP contribution in [0.4, 0.5) is 0 Å². The van der Waals surface area contributed by atoms with Gasteiger partial charge in [0, 0.05) is 0 Å². The molecule has 0 N–H and O–H groups in total. The van der Waals surface area contributed by atoms with E-state index in [1.165, 1.54) is 0 Å². The lowest BCUT2D eigenvalue weighted by Crippen LogP contribution is 0.143. The third-order valence-electron chi connectivity index (χ3n) is 0. The van der Waals surface area contributed by atoms with Gasteiger partial charge in [0.1, 0.15) is 0 Å². The topological polar surface area (TPSA) is 0 Å². The molecule has 0 radical (unpaired) electrons. The summed E-state index contributed by atoms with van der Waals surface area (Å²) in [6.45, 7) is 0. The first kappa shape index (κ1) is 0. The Morgan fingerprint density at radius 1 is 0.250 bits per heavy atom. The first-order valence-electron chi connectivity index (χ1n) is 0. The summed E-state index contributed by atoms with van der Waals surface area (Å²) in [6.07, 6.45) is 0. The van der Waals surface area contributed by atoms with Crippen LogP contribution >= 0.6 is 0 Å². The molecule has 32 valence electrons. The normalized spacial score (nSPS) is 0. The monoisotopic (exact) mass is 64.1 g/mol. The molecule has 0 aliphatic carbocycles. The third kappa shape index (κ3) is 0. The standard InChI is InChI=1S/4CH4/h4*1H4. The van der Waals surface area contributed by atoms with Crippen molar-refractivity contribution in [2.75, 3.05) is 0 Å². The Kier molecular flexibility index (Phi) is 0. The molecule has 0 atom stereocenters. The molecule has 4 heavy (non-hydrogen) atoms. The highest BCUT2D eigenvalue weighted by Gasteiger charge is -0.0746. The lowest BCUT2D eigenvalue weighted by molar-refractivity contribution is 2.50. The van der Waals surface area contributed by atoms with Crippen LogP contribution < -0.4 is 0 Å². The van der Waals surface area contributed by atoms with Crippen LogP contribution in [0.5, 0.6) is 0 Å². The van der Waals surface area contributed by atoms with Crippen LogP contribution in [-0.2, 0) is 0 Å². The van der Waals surface area contributed by atoms with Crippen molar-refractivity contribution in [3.8, 4) is 0 Å². The van der Waals surface area contributed by atoms with Gasteiger partial charge in [-0.2, -0.15) is 0 Å². The second-order valence-electron chi connectivity index (χ2n) is 0. The Balaban J connectivity index is 0. The summed E-state index contributed by atoms with van der Waals surface area (Å²) in [5.41, 5.74) is 0. The van der Waals surface area contributed by atoms with Gasteiger partial charge >= 0.3 is 0 Å². The summed E-state index contributed by atoms with van der Waals surface area (Å²) in [5, 5.41) is 0. The largest absolute Gasteiger partial charge is 0.0776 e. The maximum atomic E-state index is 0. The molecule has 0 bridgehead atoms. The van der Waals surface area contributed by atoms with E-state index in [4.69, 9.17) is 0 Å². The van der Waals surface area contributed by atoms with E-state index in [9.17, 15) is 0 Å². The minimum absolute atomic E-state index is 0. The average Bonchev–Trinajstić information content (AvgIpc) is 0. The molecular formula is C4H16. The van der Waals surface area contributed by atoms with E-state index >= 15 is 0 Å². The number of rotatable bonds is 0. The molecule has 0 amide bonds. The molecule has 0 aliphatic heterocycles. The van der Waals surface area contributed by atoms with Gasteiger partial charge in [0.2, 0.25) is 0 Å². The number of hydrogen-bond donors (Lipinski definition) is 0. The molecule has 0 saturated carbocycles. The molecule has 0 aliphatic rings. The predicted octanol–water partition coefficient (Wildman–Crippen LogP) is 2.54. The van der Waals surface area contributed by atoms with Crippen molar-refractivity contribution in [2.45, 2.75) is 29.7 Å². The molecule has 0 nitrogen and oxygen atoms in total. The van der Waals surface area contributed by atoms with Gasteiger partial charge < -0.3 is 0 Å². The molecule has 0 spiro atoms. The van der Waals surface area contributed by atoms with Gasteiger partial charge in [0.05, 0.1) is 0 Å². The van der Waals surface area contributed by atoms with Crippen LogP contribution in [0.15, 0.2) is 0 Å². The fourth-order valence-electron chi connectivity index (χ4n) is 0. The molecular weight excluding hydrogens is 48.0 g/mol. The Morgan fingerprint density at radius 2 is 0.250 bits per heavy atom. The van der Waals surface area contributed by atoms with E-state index in [1.54, 1.807) is 0 Å². The van der Waals surface area contributed by atoms with Crippen molar-refractivity contribution in [2.24, 2.45) is 0 Å². The van der Waals surface area contributed by atoms with Crippen molar-refractivity contribution in [1.82, 2.24) is 0 Å². The maximum Gasteiger partial charge on any atom is -0.0776 e. The van der Waals surface area contributed by atoms with Crippen molar-refractivity contribution in [3.63, 3.8) is 0 Å². The van der Waals surface area contributed by atoms with Crippen molar-refractivity contribution >= 4 is 0 Å². The molecule has 0 aromatic heterocycles. The summed E-state index contributed by atoms with van der Waals surface area (Å²) >= 11 is 0. The van der Waals surface area contributed by atoms with E-state index in [1.807, 2.05) is 0 Å². The molecule has 0 aromatic rings. The van der Waals surface area contributed by atoms with Crippen molar-refractivity contribution < 1.29 is 0 Å². The molecule has 0 rings (SSSR count). The summed E-state index contributed by atoms with van der Waals surface area (Å²) in [4.78, 5) is 0. The third-order valence-corrected chi connectivity index (χ3v) is 0. The number of hydrogen-bond acceptors (Lipinski definition) is 0. The van der Waals surface area contributed by atoms with Gasteiger partial charge in [-0.05, 0) is 0 Å². The zero-order chi connectivity index (χ0) is 0. The summed E-state index contributed by atoms with van der Waals surface area (Å²) < 4.78 is 0. The van der Waals surface area contributed by atoms with Gasteiger partial charge in [-0.25, -0.2) is 0 Å². The molecule has 0 heteroatoms. The van der Waals surface area contributed by atoms with E-state index in [2.05, 4.69) is 0 Å². The van der Waals surface area contributed by atoms with Gasteiger partial charge in [0.25, 0.3) is 0 Å². The van der Waals surface area contributed by atoms with Crippen LogP contribution in [0.2, 0.25) is 0 Å². The van der Waals surface area contributed by atoms with Crippen molar-refractivity contribution in [3.05, 3.63) is 0 Å². The molecule has 0 unspecified atom stereocenters. The van der Waals surface area contributed by atoms with Gasteiger partial charge in [-0.1, -0.05) is 29.7 Å². The first-order chi connectivity index (χ1) is 0. The molecule has 0 fully saturated rings. The lowest BCUT2D eigenvalue weighted by Gasteiger charge is -0.0786.